The molecule has 1 aromatic heterocycles. The number of halogens is 1. The summed E-state index contributed by atoms with van der Waals surface area (Å²) in [7, 11) is 0. The van der Waals surface area contributed by atoms with E-state index in [9.17, 15) is 9.90 Å². The monoisotopic (exact) mass is 343 g/mol. The molecule has 0 amide bonds. The zero-order valence-corrected chi connectivity index (χ0v) is 13.1. The summed E-state index contributed by atoms with van der Waals surface area (Å²) >= 11 is 3.37. The minimum Gasteiger partial charge on any atom is -0.392 e. The molecular weight excluding hydrogens is 330 g/mol. The lowest BCUT2D eigenvalue weighted by Gasteiger charge is -2.07. The van der Waals surface area contributed by atoms with Crippen molar-refractivity contribution in [3.8, 4) is 0 Å². The van der Waals surface area contributed by atoms with Crippen molar-refractivity contribution in [3.05, 3.63) is 69.8 Å². The van der Waals surface area contributed by atoms with Crippen LogP contribution < -0.4 is 0 Å². The summed E-state index contributed by atoms with van der Waals surface area (Å²) in [5, 5.41) is 10.5. The molecule has 3 nitrogen and oxygen atoms in total. The Balaban J connectivity index is 2.22. The van der Waals surface area contributed by atoms with Crippen LogP contribution in [0.25, 0.3) is 10.9 Å². The fourth-order valence-electron chi connectivity index (χ4n) is 2.62. The largest absolute Gasteiger partial charge is 0.392 e. The van der Waals surface area contributed by atoms with E-state index in [1.54, 1.807) is 16.7 Å². The number of fused-ring (bicyclic) bond motifs is 1. The van der Waals surface area contributed by atoms with Crippen molar-refractivity contribution in [2.24, 2.45) is 0 Å². The average Bonchev–Trinajstić information content (AvgIpc) is 2.78. The lowest BCUT2D eigenvalue weighted by atomic mass is 10.1. The highest BCUT2D eigenvalue weighted by Crippen LogP contribution is 2.27. The van der Waals surface area contributed by atoms with Gasteiger partial charge in [0.15, 0.2) is 0 Å². The first-order chi connectivity index (χ1) is 10.1. The molecule has 0 aliphatic heterocycles. The summed E-state index contributed by atoms with van der Waals surface area (Å²) in [4.78, 5) is 12.8. The maximum atomic E-state index is 12.8. The summed E-state index contributed by atoms with van der Waals surface area (Å²) in [6, 6.07) is 14.9. The molecule has 0 fully saturated rings. The first-order valence-corrected chi connectivity index (χ1v) is 7.43. The molecule has 1 heterocycles. The van der Waals surface area contributed by atoms with Gasteiger partial charge >= 0.3 is 0 Å². The van der Waals surface area contributed by atoms with E-state index < -0.39 is 0 Å². The Morgan fingerprint density at radius 2 is 1.81 bits per heavy atom. The number of hydrogen-bond donors (Lipinski definition) is 1. The summed E-state index contributed by atoms with van der Waals surface area (Å²) in [6.07, 6.45) is 0. The van der Waals surface area contributed by atoms with Gasteiger partial charge in [-0.25, -0.2) is 0 Å². The SMILES string of the molecule is Cc1c(CO)c2ccccc2n1C(=O)c1ccc(Br)cc1. The number of para-hydroxylation sites is 1. The molecule has 0 aliphatic carbocycles. The van der Waals surface area contributed by atoms with Crippen molar-refractivity contribution in [2.75, 3.05) is 0 Å². The van der Waals surface area contributed by atoms with Crippen LogP contribution in [0.1, 0.15) is 21.6 Å². The highest BCUT2D eigenvalue weighted by molar-refractivity contribution is 9.10. The Bertz CT molecular complexity index is 819. The van der Waals surface area contributed by atoms with E-state index in [4.69, 9.17) is 0 Å². The maximum Gasteiger partial charge on any atom is 0.262 e. The molecule has 21 heavy (non-hydrogen) atoms. The second-order valence-electron chi connectivity index (χ2n) is 4.89. The van der Waals surface area contributed by atoms with Gasteiger partial charge in [-0.2, -0.15) is 0 Å². The van der Waals surface area contributed by atoms with E-state index in [2.05, 4.69) is 15.9 Å². The fraction of sp³-hybridized carbons (Fsp3) is 0.118. The first kappa shape index (κ1) is 14.0. The van der Waals surface area contributed by atoms with Crippen LogP contribution in [0.15, 0.2) is 53.0 Å². The summed E-state index contributed by atoms with van der Waals surface area (Å²) < 4.78 is 2.61. The molecule has 0 spiro atoms. The second-order valence-corrected chi connectivity index (χ2v) is 5.80. The molecule has 2 aromatic carbocycles. The van der Waals surface area contributed by atoms with Gasteiger partial charge in [-0.05, 0) is 37.3 Å². The molecule has 0 atom stereocenters. The maximum absolute atomic E-state index is 12.8. The normalized spacial score (nSPS) is 11.0. The predicted octanol–water partition coefficient (Wildman–Crippen LogP) is 3.89. The van der Waals surface area contributed by atoms with E-state index in [0.29, 0.717) is 5.56 Å². The van der Waals surface area contributed by atoms with Crippen molar-refractivity contribution in [1.82, 2.24) is 4.57 Å². The number of rotatable bonds is 2. The van der Waals surface area contributed by atoms with E-state index in [1.165, 1.54) is 0 Å². The number of hydrogen-bond acceptors (Lipinski definition) is 2. The van der Waals surface area contributed by atoms with E-state index >= 15 is 0 Å². The van der Waals surface area contributed by atoms with Gasteiger partial charge in [-0.3, -0.25) is 9.36 Å². The Labute approximate surface area is 131 Å². The molecule has 0 saturated heterocycles. The molecule has 0 bridgehead atoms. The van der Waals surface area contributed by atoms with Crippen molar-refractivity contribution in [1.29, 1.82) is 0 Å². The molecule has 1 N–H and O–H groups in total. The smallest absolute Gasteiger partial charge is 0.262 e. The minimum absolute atomic E-state index is 0.0764. The number of aliphatic hydroxyl groups is 1. The van der Waals surface area contributed by atoms with Crippen LogP contribution in [0.5, 0.6) is 0 Å². The van der Waals surface area contributed by atoms with Crippen LogP contribution in [0.3, 0.4) is 0 Å². The number of carbonyl (C=O) groups excluding carboxylic acids is 1. The van der Waals surface area contributed by atoms with Crippen molar-refractivity contribution in [2.45, 2.75) is 13.5 Å². The summed E-state index contributed by atoms with van der Waals surface area (Å²) in [5.74, 6) is -0.0871. The van der Waals surface area contributed by atoms with Crippen molar-refractivity contribution in [3.63, 3.8) is 0 Å². The van der Waals surface area contributed by atoms with Gasteiger partial charge < -0.3 is 5.11 Å². The van der Waals surface area contributed by atoms with Gasteiger partial charge in [-0.15, -0.1) is 0 Å². The highest BCUT2D eigenvalue weighted by Gasteiger charge is 2.18. The lowest BCUT2D eigenvalue weighted by Crippen LogP contribution is -2.13. The van der Waals surface area contributed by atoms with E-state index in [1.807, 2.05) is 43.3 Å². The molecule has 4 heteroatoms. The van der Waals surface area contributed by atoms with Crippen LogP contribution in [-0.2, 0) is 6.61 Å². The van der Waals surface area contributed by atoms with Crippen LogP contribution in [0.4, 0.5) is 0 Å². The minimum atomic E-state index is -0.0871. The second kappa shape index (κ2) is 5.47. The zero-order chi connectivity index (χ0) is 15.0. The quantitative estimate of drug-likeness (QED) is 0.766. The number of carbonyl (C=O) groups is 1. The zero-order valence-electron chi connectivity index (χ0n) is 11.5. The molecule has 0 unspecified atom stereocenters. The average molecular weight is 344 g/mol. The molecule has 0 aliphatic rings. The number of nitrogens with zero attached hydrogens (tertiary/aromatic N) is 1. The van der Waals surface area contributed by atoms with Crippen molar-refractivity contribution >= 4 is 32.7 Å². The van der Waals surface area contributed by atoms with Gasteiger partial charge in [-0.1, -0.05) is 34.1 Å². The summed E-state index contributed by atoms with van der Waals surface area (Å²) in [6.45, 7) is 1.79. The van der Waals surface area contributed by atoms with Crippen LogP contribution in [0.2, 0.25) is 0 Å². The van der Waals surface area contributed by atoms with Gasteiger partial charge in [0, 0.05) is 26.7 Å². The third kappa shape index (κ3) is 2.30. The van der Waals surface area contributed by atoms with Gasteiger partial charge in [0.1, 0.15) is 0 Å². The number of benzene rings is 2. The Hall–Kier alpha value is -1.91. The molecule has 106 valence electrons. The first-order valence-electron chi connectivity index (χ1n) is 6.63. The lowest BCUT2D eigenvalue weighted by molar-refractivity contribution is 0.0962. The predicted molar refractivity (Wildman–Crippen MR) is 86.5 cm³/mol. The third-order valence-electron chi connectivity index (χ3n) is 3.69. The van der Waals surface area contributed by atoms with E-state index in [0.717, 1.165) is 26.6 Å². The topological polar surface area (TPSA) is 42.2 Å². The van der Waals surface area contributed by atoms with Gasteiger partial charge in [0.25, 0.3) is 5.91 Å². The van der Waals surface area contributed by atoms with Crippen LogP contribution in [0, 0.1) is 6.92 Å². The Morgan fingerprint density at radius 1 is 1.14 bits per heavy atom. The van der Waals surface area contributed by atoms with Gasteiger partial charge in [0.05, 0.1) is 12.1 Å². The van der Waals surface area contributed by atoms with E-state index in [-0.39, 0.29) is 12.5 Å². The molecule has 0 saturated carbocycles. The van der Waals surface area contributed by atoms with Crippen LogP contribution in [-0.4, -0.2) is 15.6 Å². The summed E-state index contributed by atoms with van der Waals surface area (Å²) in [5.41, 5.74) is 3.03. The highest BCUT2D eigenvalue weighted by atomic mass is 79.9. The number of aliphatic hydroxyl groups excluding tert-OH is 1. The standard InChI is InChI=1S/C17H14BrNO2/c1-11-15(10-20)14-4-2-3-5-16(14)19(11)17(21)12-6-8-13(18)9-7-12/h2-9,20H,10H2,1H3. The number of aromatic nitrogens is 1. The van der Waals surface area contributed by atoms with Crippen LogP contribution >= 0.6 is 15.9 Å². The molecule has 3 aromatic rings. The van der Waals surface area contributed by atoms with Gasteiger partial charge in [0.2, 0.25) is 0 Å². The Kier molecular flexibility index (Phi) is 3.66. The molecule has 0 radical (unpaired) electrons. The van der Waals surface area contributed by atoms with Crippen molar-refractivity contribution < 1.29 is 9.90 Å². The third-order valence-corrected chi connectivity index (χ3v) is 4.22. The molecular formula is C17H14BrNO2. The molecule has 3 rings (SSSR count). The Morgan fingerprint density at radius 3 is 2.48 bits per heavy atom. The fourth-order valence-corrected chi connectivity index (χ4v) is 2.88.